The van der Waals surface area contributed by atoms with Gasteiger partial charge in [-0.05, 0) is 49.9 Å². The first-order chi connectivity index (χ1) is 10.1. The molecule has 0 fully saturated rings. The number of hydrogen-bond donors (Lipinski definition) is 1. The van der Waals surface area contributed by atoms with Crippen LogP contribution in [0.3, 0.4) is 0 Å². The Balaban J connectivity index is 2.52. The molecular weight excluding hydrogens is 373 g/mol. The molecule has 0 aromatic heterocycles. The molecule has 21 heavy (non-hydrogen) atoms. The molecule has 0 spiro atoms. The third-order valence-corrected chi connectivity index (χ3v) is 4.20. The molecule has 0 bridgehead atoms. The second-order valence-corrected chi connectivity index (χ2v) is 6.26. The number of rotatable bonds is 5. The molecule has 0 heterocycles. The van der Waals surface area contributed by atoms with Gasteiger partial charge in [0.25, 0.3) is 0 Å². The van der Waals surface area contributed by atoms with Crippen LogP contribution in [0.15, 0.2) is 40.9 Å². The van der Waals surface area contributed by atoms with E-state index in [9.17, 15) is 0 Å². The maximum absolute atomic E-state index is 6.35. The van der Waals surface area contributed by atoms with Crippen molar-refractivity contribution in [3.63, 3.8) is 0 Å². The molecular formula is C16H16BrCl2NO. The fourth-order valence-electron chi connectivity index (χ4n) is 2.25. The number of halogens is 3. The van der Waals surface area contributed by atoms with E-state index in [-0.39, 0.29) is 6.04 Å². The average molecular weight is 389 g/mol. The number of nitrogens with one attached hydrogen (secondary N) is 1. The Labute approximate surface area is 143 Å². The van der Waals surface area contributed by atoms with Gasteiger partial charge in [0.2, 0.25) is 0 Å². The van der Waals surface area contributed by atoms with Crippen LogP contribution in [0.2, 0.25) is 10.0 Å². The fourth-order valence-corrected chi connectivity index (χ4v) is 3.14. The molecule has 0 amide bonds. The molecule has 2 aromatic rings. The fraction of sp³-hybridized carbons (Fsp3) is 0.250. The Morgan fingerprint density at radius 3 is 2.52 bits per heavy atom. The summed E-state index contributed by atoms with van der Waals surface area (Å²) in [5.41, 5.74) is 1.99. The van der Waals surface area contributed by atoms with E-state index < -0.39 is 0 Å². The molecule has 1 unspecified atom stereocenters. The van der Waals surface area contributed by atoms with Crippen molar-refractivity contribution in [2.75, 3.05) is 13.7 Å². The van der Waals surface area contributed by atoms with E-state index in [1.807, 2.05) is 44.3 Å². The Hall–Kier alpha value is -0.740. The first-order valence-electron chi connectivity index (χ1n) is 6.61. The van der Waals surface area contributed by atoms with E-state index in [4.69, 9.17) is 27.9 Å². The first-order valence-corrected chi connectivity index (χ1v) is 8.16. The summed E-state index contributed by atoms with van der Waals surface area (Å²) in [6.45, 7) is 2.58. The summed E-state index contributed by atoms with van der Waals surface area (Å²) in [6, 6.07) is 11.4. The summed E-state index contributed by atoms with van der Waals surface area (Å²) in [7, 11) is 1.90. The lowest BCUT2D eigenvalue weighted by Crippen LogP contribution is -2.19. The Kier molecular flexibility index (Phi) is 5.94. The van der Waals surface area contributed by atoms with Crippen LogP contribution in [0, 0.1) is 0 Å². The molecule has 0 aliphatic heterocycles. The maximum atomic E-state index is 6.35. The normalized spacial score (nSPS) is 12.2. The summed E-state index contributed by atoms with van der Waals surface area (Å²) in [6.07, 6.45) is 0. The van der Waals surface area contributed by atoms with E-state index in [1.54, 1.807) is 6.07 Å². The van der Waals surface area contributed by atoms with Crippen LogP contribution in [-0.4, -0.2) is 13.7 Å². The van der Waals surface area contributed by atoms with Crippen molar-refractivity contribution in [3.8, 4) is 5.75 Å². The van der Waals surface area contributed by atoms with Gasteiger partial charge in [-0.15, -0.1) is 0 Å². The van der Waals surface area contributed by atoms with Crippen molar-refractivity contribution < 1.29 is 4.74 Å². The van der Waals surface area contributed by atoms with E-state index in [0.29, 0.717) is 16.7 Å². The quantitative estimate of drug-likeness (QED) is 0.733. The van der Waals surface area contributed by atoms with Crippen LogP contribution >= 0.6 is 39.1 Å². The molecule has 2 aromatic carbocycles. The summed E-state index contributed by atoms with van der Waals surface area (Å²) in [5.74, 6) is 0.839. The average Bonchev–Trinajstić information content (AvgIpc) is 2.45. The van der Waals surface area contributed by atoms with Crippen LogP contribution in [0.25, 0.3) is 0 Å². The molecule has 1 atom stereocenters. The molecule has 0 saturated carbocycles. The molecule has 1 N–H and O–H groups in total. The largest absolute Gasteiger partial charge is 0.494 e. The second kappa shape index (κ2) is 7.50. The van der Waals surface area contributed by atoms with E-state index in [2.05, 4.69) is 21.2 Å². The highest BCUT2D eigenvalue weighted by atomic mass is 79.9. The summed E-state index contributed by atoms with van der Waals surface area (Å²) >= 11 is 15.8. The van der Waals surface area contributed by atoms with Gasteiger partial charge < -0.3 is 10.1 Å². The third kappa shape index (κ3) is 3.92. The Morgan fingerprint density at radius 1 is 1.14 bits per heavy atom. The lowest BCUT2D eigenvalue weighted by Gasteiger charge is -2.22. The van der Waals surface area contributed by atoms with E-state index in [0.717, 1.165) is 21.3 Å². The van der Waals surface area contributed by atoms with E-state index >= 15 is 0 Å². The van der Waals surface area contributed by atoms with Crippen LogP contribution in [0.5, 0.6) is 5.75 Å². The van der Waals surface area contributed by atoms with Gasteiger partial charge in [-0.1, -0.05) is 45.2 Å². The smallest absolute Gasteiger partial charge is 0.124 e. The molecule has 5 heteroatoms. The zero-order chi connectivity index (χ0) is 15.4. The van der Waals surface area contributed by atoms with Crippen LogP contribution in [0.1, 0.15) is 24.1 Å². The number of ether oxygens (including phenoxy) is 1. The van der Waals surface area contributed by atoms with Gasteiger partial charge in [-0.2, -0.15) is 0 Å². The molecule has 112 valence electrons. The van der Waals surface area contributed by atoms with Crippen molar-refractivity contribution in [1.29, 1.82) is 0 Å². The highest BCUT2D eigenvalue weighted by molar-refractivity contribution is 9.10. The van der Waals surface area contributed by atoms with Crippen molar-refractivity contribution in [2.45, 2.75) is 13.0 Å². The predicted molar refractivity (Wildman–Crippen MR) is 92.7 cm³/mol. The first kappa shape index (κ1) is 16.6. The van der Waals surface area contributed by atoms with Gasteiger partial charge in [-0.25, -0.2) is 0 Å². The van der Waals surface area contributed by atoms with Gasteiger partial charge in [0.05, 0.1) is 12.6 Å². The highest BCUT2D eigenvalue weighted by Crippen LogP contribution is 2.36. The topological polar surface area (TPSA) is 21.3 Å². The monoisotopic (exact) mass is 387 g/mol. The molecule has 0 aliphatic rings. The van der Waals surface area contributed by atoms with Crippen molar-refractivity contribution in [2.24, 2.45) is 0 Å². The minimum atomic E-state index is -0.0752. The second-order valence-electron chi connectivity index (χ2n) is 4.50. The minimum absolute atomic E-state index is 0.0752. The van der Waals surface area contributed by atoms with Gasteiger partial charge >= 0.3 is 0 Å². The van der Waals surface area contributed by atoms with Gasteiger partial charge in [0, 0.05) is 20.1 Å². The standard InChI is InChI=1S/C16H16BrCl2NO/c1-3-21-15-7-4-10(17)8-13(15)16(20-2)12-6-5-11(18)9-14(12)19/h4-9,16,20H,3H2,1-2H3. The van der Waals surface area contributed by atoms with Crippen LogP contribution in [0.4, 0.5) is 0 Å². The van der Waals surface area contributed by atoms with Gasteiger partial charge in [0.1, 0.15) is 5.75 Å². The Morgan fingerprint density at radius 2 is 1.90 bits per heavy atom. The summed E-state index contributed by atoms with van der Waals surface area (Å²) in [5, 5.41) is 4.54. The summed E-state index contributed by atoms with van der Waals surface area (Å²) < 4.78 is 6.72. The van der Waals surface area contributed by atoms with E-state index in [1.165, 1.54) is 0 Å². The minimum Gasteiger partial charge on any atom is -0.494 e. The SMILES string of the molecule is CCOc1ccc(Br)cc1C(NC)c1ccc(Cl)cc1Cl. The number of hydrogen-bond acceptors (Lipinski definition) is 2. The lowest BCUT2D eigenvalue weighted by atomic mass is 9.98. The predicted octanol–water partition coefficient (Wildman–Crippen LogP) is 5.46. The maximum Gasteiger partial charge on any atom is 0.124 e. The molecule has 0 radical (unpaired) electrons. The zero-order valence-corrected chi connectivity index (χ0v) is 14.9. The lowest BCUT2D eigenvalue weighted by molar-refractivity contribution is 0.334. The van der Waals surface area contributed by atoms with Crippen molar-refractivity contribution in [3.05, 3.63) is 62.0 Å². The van der Waals surface area contributed by atoms with Crippen molar-refractivity contribution in [1.82, 2.24) is 5.32 Å². The molecule has 2 nitrogen and oxygen atoms in total. The highest BCUT2D eigenvalue weighted by Gasteiger charge is 2.19. The molecule has 0 saturated heterocycles. The molecule has 0 aliphatic carbocycles. The van der Waals surface area contributed by atoms with Gasteiger partial charge in [-0.3, -0.25) is 0 Å². The summed E-state index contributed by atoms with van der Waals surface area (Å²) in [4.78, 5) is 0. The van der Waals surface area contributed by atoms with Crippen LogP contribution in [-0.2, 0) is 0 Å². The van der Waals surface area contributed by atoms with Crippen LogP contribution < -0.4 is 10.1 Å². The Bertz CT molecular complexity index is 634. The van der Waals surface area contributed by atoms with Crippen molar-refractivity contribution >= 4 is 39.1 Å². The number of benzene rings is 2. The molecule has 2 rings (SSSR count). The zero-order valence-electron chi connectivity index (χ0n) is 11.8. The van der Waals surface area contributed by atoms with Gasteiger partial charge in [0.15, 0.2) is 0 Å². The third-order valence-electron chi connectivity index (χ3n) is 3.14.